The van der Waals surface area contributed by atoms with Gasteiger partial charge in [0.25, 0.3) is 0 Å². The van der Waals surface area contributed by atoms with E-state index in [1.165, 1.54) is 0 Å². The number of carbonyl (C=O) groups excluding carboxylic acids is 1. The largest absolute Gasteiger partial charge is 0.459 e. The van der Waals surface area contributed by atoms with Crippen LogP contribution in [0.1, 0.15) is 27.7 Å². The van der Waals surface area contributed by atoms with Gasteiger partial charge in [-0.2, -0.15) is 5.48 Å². The van der Waals surface area contributed by atoms with E-state index in [0.717, 1.165) is 0 Å². The molecule has 0 aromatic rings. The lowest BCUT2D eigenvalue weighted by atomic mass is 10.2. The zero-order chi connectivity index (χ0) is 11.9. The molecule has 0 aromatic carbocycles. The van der Waals surface area contributed by atoms with Crippen molar-refractivity contribution in [2.24, 2.45) is 0 Å². The van der Waals surface area contributed by atoms with Crippen molar-refractivity contribution in [1.29, 1.82) is 0 Å². The molecular formula is C10H21NO4. The first-order valence-corrected chi connectivity index (χ1v) is 4.96. The van der Waals surface area contributed by atoms with E-state index >= 15 is 0 Å². The maximum atomic E-state index is 11.4. The Balaban J connectivity index is 3.70. The summed E-state index contributed by atoms with van der Waals surface area (Å²) in [6.45, 7) is 8.02. The zero-order valence-electron chi connectivity index (χ0n) is 10.1. The van der Waals surface area contributed by atoms with Crippen molar-refractivity contribution in [2.75, 3.05) is 20.3 Å². The topological polar surface area (TPSA) is 56.8 Å². The molecule has 15 heavy (non-hydrogen) atoms. The summed E-state index contributed by atoms with van der Waals surface area (Å²) in [5, 5.41) is 0. The standard InChI is InChI=1S/C10H21NO4/c1-8(11-14-7-6-13-5)9(12)15-10(2,3)4/h8,11H,6-7H2,1-5H3. The molecule has 0 rings (SSSR count). The number of ether oxygens (including phenoxy) is 2. The van der Waals surface area contributed by atoms with Crippen molar-refractivity contribution in [3.63, 3.8) is 0 Å². The van der Waals surface area contributed by atoms with Gasteiger partial charge in [0.2, 0.25) is 0 Å². The van der Waals surface area contributed by atoms with Crippen LogP contribution in [0.2, 0.25) is 0 Å². The summed E-state index contributed by atoms with van der Waals surface area (Å²) in [6.07, 6.45) is 0. The number of hydrogen-bond donors (Lipinski definition) is 1. The highest BCUT2D eigenvalue weighted by Gasteiger charge is 2.21. The Hall–Kier alpha value is -0.650. The Morgan fingerprint density at radius 2 is 1.93 bits per heavy atom. The second-order valence-corrected chi connectivity index (χ2v) is 4.21. The SMILES string of the molecule is COCCONC(C)C(=O)OC(C)(C)C. The van der Waals surface area contributed by atoms with Crippen LogP contribution in [0.3, 0.4) is 0 Å². The summed E-state index contributed by atoms with van der Waals surface area (Å²) in [7, 11) is 1.58. The number of hydrogen-bond acceptors (Lipinski definition) is 5. The molecule has 5 nitrogen and oxygen atoms in total. The summed E-state index contributed by atoms with van der Waals surface area (Å²) in [4.78, 5) is 16.4. The number of nitrogens with one attached hydrogen (secondary N) is 1. The molecule has 0 aliphatic heterocycles. The minimum Gasteiger partial charge on any atom is -0.459 e. The van der Waals surface area contributed by atoms with E-state index < -0.39 is 11.6 Å². The van der Waals surface area contributed by atoms with Crippen LogP contribution in [0.5, 0.6) is 0 Å². The maximum Gasteiger partial charge on any atom is 0.325 e. The third kappa shape index (κ3) is 8.35. The molecular weight excluding hydrogens is 198 g/mol. The summed E-state index contributed by atoms with van der Waals surface area (Å²) in [6, 6.07) is -0.485. The molecule has 0 spiro atoms. The van der Waals surface area contributed by atoms with Gasteiger partial charge in [0.05, 0.1) is 13.2 Å². The van der Waals surface area contributed by atoms with Crippen molar-refractivity contribution in [3.8, 4) is 0 Å². The quantitative estimate of drug-likeness (QED) is 0.408. The molecule has 0 aliphatic carbocycles. The van der Waals surface area contributed by atoms with Crippen LogP contribution >= 0.6 is 0 Å². The van der Waals surface area contributed by atoms with E-state index in [1.807, 2.05) is 20.8 Å². The van der Waals surface area contributed by atoms with Gasteiger partial charge in [-0.1, -0.05) is 0 Å². The maximum absolute atomic E-state index is 11.4. The van der Waals surface area contributed by atoms with Crippen LogP contribution in [0.15, 0.2) is 0 Å². The molecule has 0 aromatic heterocycles. The monoisotopic (exact) mass is 219 g/mol. The Morgan fingerprint density at radius 1 is 1.33 bits per heavy atom. The highest BCUT2D eigenvalue weighted by Crippen LogP contribution is 2.08. The average molecular weight is 219 g/mol. The second-order valence-electron chi connectivity index (χ2n) is 4.21. The normalized spacial score (nSPS) is 13.7. The Morgan fingerprint density at radius 3 is 2.40 bits per heavy atom. The van der Waals surface area contributed by atoms with E-state index in [9.17, 15) is 4.79 Å². The van der Waals surface area contributed by atoms with Crippen LogP contribution < -0.4 is 5.48 Å². The first kappa shape index (κ1) is 14.3. The van der Waals surface area contributed by atoms with E-state index in [0.29, 0.717) is 13.2 Å². The van der Waals surface area contributed by atoms with Gasteiger partial charge < -0.3 is 9.47 Å². The molecule has 0 bridgehead atoms. The number of methoxy groups -OCH3 is 1. The van der Waals surface area contributed by atoms with E-state index in [4.69, 9.17) is 14.3 Å². The van der Waals surface area contributed by atoms with Crippen molar-refractivity contribution in [3.05, 3.63) is 0 Å². The van der Waals surface area contributed by atoms with Crippen molar-refractivity contribution >= 4 is 5.97 Å². The average Bonchev–Trinajstić information content (AvgIpc) is 2.09. The lowest BCUT2D eigenvalue weighted by Crippen LogP contribution is -2.39. The minimum atomic E-state index is -0.485. The molecule has 0 amide bonds. The lowest BCUT2D eigenvalue weighted by Gasteiger charge is -2.22. The minimum absolute atomic E-state index is 0.333. The van der Waals surface area contributed by atoms with Crippen molar-refractivity contribution in [1.82, 2.24) is 5.48 Å². The summed E-state index contributed by atoms with van der Waals surface area (Å²) in [5.74, 6) is -0.333. The van der Waals surface area contributed by atoms with Crippen molar-refractivity contribution < 1.29 is 19.1 Å². The summed E-state index contributed by atoms with van der Waals surface area (Å²) >= 11 is 0. The molecule has 0 fully saturated rings. The van der Waals surface area contributed by atoms with E-state index in [2.05, 4.69) is 5.48 Å². The molecule has 90 valence electrons. The van der Waals surface area contributed by atoms with Gasteiger partial charge in [-0.25, -0.2) is 0 Å². The van der Waals surface area contributed by atoms with Gasteiger partial charge in [-0.3, -0.25) is 9.63 Å². The summed E-state index contributed by atoms with van der Waals surface area (Å²) in [5.41, 5.74) is 2.11. The molecule has 1 unspecified atom stereocenters. The van der Waals surface area contributed by atoms with Crippen LogP contribution in [0.25, 0.3) is 0 Å². The van der Waals surface area contributed by atoms with E-state index in [-0.39, 0.29) is 5.97 Å². The number of hydroxylamine groups is 1. The fourth-order valence-corrected chi connectivity index (χ4v) is 0.747. The first-order chi connectivity index (χ1) is 6.87. The third-order valence-electron chi connectivity index (χ3n) is 1.41. The third-order valence-corrected chi connectivity index (χ3v) is 1.41. The van der Waals surface area contributed by atoms with Crippen LogP contribution in [-0.4, -0.2) is 37.9 Å². The fraction of sp³-hybridized carbons (Fsp3) is 0.900. The molecule has 5 heteroatoms. The molecule has 0 saturated heterocycles. The first-order valence-electron chi connectivity index (χ1n) is 4.96. The van der Waals surface area contributed by atoms with E-state index in [1.54, 1.807) is 14.0 Å². The second kappa shape index (κ2) is 6.76. The Bertz CT molecular complexity index is 188. The van der Waals surface area contributed by atoms with Gasteiger partial charge in [-0.15, -0.1) is 0 Å². The Labute approximate surface area is 91.0 Å². The predicted octanol–water partition coefficient (Wildman–Crippen LogP) is 0.884. The zero-order valence-corrected chi connectivity index (χ0v) is 10.1. The van der Waals surface area contributed by atoms with Crippen molar-refractivity contribution in [2.45, 2.75) is 39.3 Å². The highest BCUT2D eigenvalue weighted by molar-refractivity contribution is 5.75. The van der Waals surface area contributed by atoms with Gasteiger partial charge in [0, 0.05) is 7.11 Å². The molecule has 1 N–H and O–H groups in total. The van der Waals surface area contributed by atoms with Crippen LogP contribution in [-0.2, 0) is 19.1 Å². The summed E-state index contributed by atoms with van der Waals surface area (Å²) < 4.78 is 9.93. The lowest BCUT2D eigenvalue weighted by molar-refractivity contribution is -0.161. The molecule has 0 heterocycles. The fourth-order valence-electron chi connectivity index (χ4n) is 0.747. The van der Waals surface area contributed by atoms with Crippen LogP contribution in [0.4, 0.5) is 0 Å². The molecule has 0 aliphatic rings. The molecule has 1 atom stereocenters. The number of esters is 1. The highest BCUT2D eigenvalue weighted by atomic mass is 16.7. The van der Waals surface area contributed by atoms with Crippen LogP contribution in [0, 0.1) is 0 Å². The molecule has 0 radical (unpaired) electrons. The van der Waals surface area contributed by atoms with Gasteiger partial charge in [-0.05, 0) is 27.7 Å². The number of rotatable bonds is 6. The molecule has 0 saturated carbocycles. The van der Waals surface area contributed by atoms with Gasteiger partial charge in [0.1, 0.15) is 11.6 Å². The van der Waals surface area contributed by atoms with Gasteiger partial charge >= 0.3 is 5.97 Å². The Kier molecular flexibility index (Phi) is 6.47. The smallest absolute Gasteiger partial charge is 0.325 e. The predicted molar refractivity (Wildman–Crippen MR) is 56.3 cm³/mol. The number of carbonyl (C=O) groups is 1. The van der Waals surface area contributed by atoms with Gasteiger partial charge in [0.15, 0.2) is 0 Å².